The number of hydrogen-bond donors (Lipinski definition) is 0. The summed E-state index contributed by atoms with van der Waals surface area (Å²) in [6, 6.07) is 7.13. The van der Waals surface area contributed by atoms with Crippen molar-refractivity contribution in [3.8, 4) is 5.75 Å². The van der Waals surface area contributed by atoms with Gasteiger partial charge in [0.25, 0.3) is 0 Å². The summed E-state index contributed by atoms with van der Waals surface area (Å²) in [7, 11) is 6.53. The van der Waals surface area contributed by atoms with Crippen LogP contribution in [0.25, 0.3) is 5.03 Å². The second-order valence-corrected chi connectivity index (χ2v) is 4.42. The molecular formula is C14H17ClNO3+. The minimum Gasteiger partial charge on any atom is -0.497 e. The van der Waals surface area contributed by atoms with Gasteiger partial charge in [-0.15, -0.1) is 0 Å². The number of benzene rings is 1. The van der Waals surface area contributed by atoms with Gasteiger partial charge in [0.15, 0.2) is 6.21 Å². The molecule has 0 bridgehead atoms. The van der Waals surface area contributed by atoms with Gasteiger partial charge in [-0.1, -0.05) is 11.6 Å². The van der Waals surface area contributed by atoms with Gasteiger partial charge in [-0.2, -0.15) is 0 Å². The predicted octanol–water partition coefficient (Wildman–Crippen LogP) is 2.16. The molecule has 0 heterocycles. The van der Waals surface area contributed by atoms with Crippen LogP contribution in [0.2, 0.25) is 0 Å². The molecule has 0 aliphatic carbocycles. The van der Waals surface area contributed by atoms with Gasteiger partial charge in [-0.05, 0) is 29.8 Å². The first-order valence-electron chi connectivity index (χ1n) is 5.63. The maximum Gasteiger partial charge on any atom is 0.345 e. The number of carbonyl (C=O) groups excluding carboxylic acids is 1. The van der Waals surface area contributed by atoms with Crippen LogP contribution in [0, 0.1) is 0 Å². The van der Waals surface area contributed by atoms with E-state index in [2.05, 4.69) is 0 Å². The molecule has 0 N–H and O–H groups in total. The molecule has 0 unspecified atom stereocenters. The monoisotopic (exact) mass is 282 g/mol. The highest BCUT2D eigenvalue weighted by molar-refractivity contribution is 6.53. The highest BCUT2D eigenvalue weighted by Gasteiger charge is 2.17. The van der Waals surface area contributed by atoms with E-state index in [1.807, 2.05) is 0 Å². The van der Waals surface area contributed by atoms with Crippen molar-refractivity contribution in [1.82, 2.24) is 0 Å². The van der Waals surface area contributed by atoms with Gasteiger partial charge in [-0.3, -0.25) is 0 Å². The minimum absolute atomic E-state index is 0.305. The highest BCUT2D eigenvalue weighted by Crippen LogP contribution is 2.25. The Morgan fingerprint density at radius 1 is 1.21 bits per heavy atom. The molecule has 0 aromatic heterocycles. The summed E-state index contributed by atoms with van der Waals surface area (Å²) in [5.74, 6) is 0.249. The normalized spacial score (nSPS) is 11.4. The van der Waals surface area contributed by atoms with Crippen molar-refractivity contribution in [2.75, 3.05) is 28.3 Å². The number of methoxy groups -OCH3 is 2. The van der Waals surface area contributed by atoms with E-state index in [1.54, 1.807) is 56.3 Å². The molecule has 19 heavy (non-hydrogen) atoms. The lowest BCUT2D eigenvalue weighted by molar-refractivity contribution is -0.458. The fourth-order valence-corrected chi connectivity index (χ4v) is 1.71. The van der Waals surface area contributed by atoms with Gasteiger partial charge in [0.05, 0.1) is 19.3 Å². The molecule has 0 aliphatic heterocycles. The zero-order chi connectivity index (χ0) is 14.4. The Bertz CT molecular complexity index is 514. The summed E-state index contributed by atoms with van der Waals surface area (Å²) < 4.78 is 11.5. The first-order valence-corrected chi connectivity index (χ1v) is 6.01. The lowest BCUT2D eigenvalue weighted by Gasteiger charge is -2.05. The highest BCUT2D eigenvalue weighted by atomic mass is 35.5. The third-order valence-electron chi connectivity index (χ3n) is 2.37. The van der Waals surface area contributed by atoms with E-state index >= 15 is 0 Å². The minimum atomic E-state index is -0.477. The molecule has 0 saturated carbocycles. The molecule has 4 nitrogen and oxygen atoms in total. The van der Waals surface area contributed by atoms with Crippen molar-refractivity contribution in [1.29, 1.82) is 0 Å². The van der Waals surface area contributed by atoms with Gasteiger partial charge in [0.2, 0.25) is 0 Å². The van der Waals surface area contributed by atoms with Crippen LogP contribution in [0.5, 0.6) is 5.75 Å². The smallest absolute Gasteiger partial charge is 0.345 e. The maximum absolute atomic E-state index is 11.7. The lowest BCUT2D eigenvalue weighted by Crippen LogP contribution is -2.12. The number of carbonyl (C=O) groups is 1. The van der Waals surface area contributed by atoms with Crippen molar-refractivity contribution in [2.45, 2.75) is 0 Å². The van der Waals surface area contributed by atoms with E-state index in [1.165, 1.54) is 7.11 Å². The van der Waals surface area contributed by atoms with Gasteiger partial charge < -0.3 is 9.47 Å². The van der Waals surface area contributed by atoms with Crippen LogP contribution in [0.15, 0.2) is 29.8 Å². The standard InChI is InChI=1S/C14H17ClNO3/c1-16(2)9-12(14(17)19-4)13(15)10-5-7-11(18-3)8-6-10/h5-9H,1-4H3/q+1/b13-12+. The van der Waals surface area contributed by atoms with Crippen LogP contribution in [-0.4, -0.2) is 45.1 Å². The molecule has 0 saturated heterocycles. The van der Waals surface area contributed by atoms with Crippen LogP contribution in [0.3, 0.4) is 0 Å². The SMILES string of the molecule is COC(=O)/C(C=[N+](C)C)=C(/Cl)c1ccc(OC)cc1. The Balaban J connectivity index is 3.27. The number of hydrogen-bond acceptors (Lipinski definition) is 3. The maximum atomic E-state index is 11.7. The molecular weight excluding hydrogens is 266 g/mol. The summed E-state index contributed by atoms with van der Waals surface area (Å²) in [6.07, 6.45) is 1.62. The topological polar surface area (TPSA) is 38.5 Å². The van der Waals surface area contributed by atoms with Crippen molar-refractivity contribution < 1.29 is 18.8 Å². The molecule has 0 radical (unpaired) electrons. The number of esters is 1. The molecule has 0 atom stereocenters. The number of rotatable bonds is 4. The number of ether oxygens (including phenoxy) is 2. The molecule has 0 fully saturated rings. The molecule has 1 aromatic carbocycles. The van der Waals surface area contributed by atoms with E-state index in [0.29, 0.717) is 10.6 Å². The molecule has 0 aliphatic rings. The van der Waals surface area contributed by atoms with E-state index in [4.69, 9.17) is 21.1 Å². The summed E-state index contributed by atoms with van der Waals surface area (Å²) in [6.45, 7) is 0. The fraction of sp³-hybridized carbons (Fsp3) is 0.286. The summed E-state index contributed by atoms with van der Waals surface area (Å²) in [4.78, 5) is 11.7. The zero-order valence-corrected chi connectivity index (χ0v) is 12.2. The average molecular weight is 283 g/mol. The Morgan fingerprint density at radius 2 is 1.79 bits per heavy atom. The van der Waals surface area contributed by atoms with Crippen molar-refractivity contribution >= 4 is 28.8 Å². The average Bonchev–Trinajstić information content (AvgIpc) is 2.43. The van der Waals surface area contributed by atoms with Crippen LogP contribution in [-0.2, 0) is 9.53 Å². The van der Waals surface area contributed by atoms with E-state index < -0.39 is 5.97 Å². The van der Waals surface area contributed by atoms with Crippen LogP contribution in [0.4, 0.5) is 0 Å². The van der Waals surface area contributed by atoms with Crippen LogP contribution < -0.4 is 4.74 Å². The Hall–Kier alpha value is -1.81. The second-order valence-electron chi connectivity index (χ2n) is 4.04. The Labute approximate surface area is 117 Å². The van der Waals surface area contributed by atoms with Crippen molar-refractivity contribution in [3.05, 3.63) is 35.4 Å². The van der Waals surface area contributed by atoms with Gasteiger partial charge in [0, 0.05) is 0 Å². The predicted molar refractivity (Wildman–Crippen MR) is 76.0 cm³/mol. The second kappa shape index (κ2) is 6.95. The quantitative estimate of drug-likeness (QED) is 0.368. The van der Waals surface area contributed by atoms with Crippen molar-refractivity contribution in [2.24, 2.45) is 0 Å². The van der Waals surface area contributed by atoms with E-state index in [-0.39, 0.29) is 0 Å². The first kappa shape index (κ1) is 15.2. The third-order valence-corrected chi connectivity index (χ3v) is 2.79. The Kier molecular flexibility index (Phi) is 5.57. The zero-order valence-electron chi connectivity index (χ0n) is 11.4. The first-order chi connectivity index (χ1) is 8.99. The summed E-state index contributed by atoms with van der Waals surface area (Å²) in [5, 5.41) is 0.336. The van der Waals surface area contributed by atoms with Gasteiger partial charge in [-0.25, -0.2) is 9.37 Å². The number of halogens is 1. The summed E-state index contributed by atoms with van der Waals surface area (Å²) in [5.41, 5.74) is 1.03. The summed E-state index contributed by atoms with van der Waals surface area (Å²) >= 11 is 6.27. The van der Waals surface area contributed by atoms with E-state index in [0.717, 1.165) is 11.3 Å². The molecule has 0 amide bonds. The third kappa shape index (κ3) is 4.10. The van der Waals surface area contributed by atoms with Crippen LogP contribution >= 0.6 is 11.6 Å². The molecule has 5 heteroatoms. The Morgan fingerprint density at radius 3 is 2.21 bits per heavy atom. The molecule has 102 valence electrons. The molecule has 0 spiro atoms. The van der Waals surface area contributed by atoms with Gasteiger partial charge in [0.1, 0.15) is 25.4 Å². The molecule has 1 aromatic rings. The van der Waals surface area contributed by atoms with Crippen molar-refractivity contribution in [3.63, 3.8) is 0 Å². The van der Waals surface area contributed by atoms with Crippen LogP contribution in [0.1, 0.15) is 5.56 Å². The number of nitrogens with zero attached hydrogens (tertiary/aromatic N) is 1. The lowest BCUT2D eigenvalue weighted by atomic mass is 10.1. The largest absolute Gasteiger partial charge is 0.497 e. The molecule has 1 rings (SSSR count). The fourth-order valence-electron chi connectivity index (χ4n) is 1.46. The van der Waals surface area contributed by atoms with Gasteiger partial charge >= 0.3 is 5.97 Å². The van der Waals surface area contributed by atoms with E-state index in [9.17, 15) is 4.79 Å².